The van der Waals surface area contributed by atoms with Crippen LogP contribution in [0.4, 0.5) is 5.69 Å². The largest absolute Gasteiger partial charge is 0.439 e. The molecule has 2 aromatic carbocycles. The third kappa shape index (κ3) is 4.09. The van der Waals surface area contributed by atoms with Crippen molar-refractivity contribution in [2.45, 2.75) is 26.8 Å². The van der Waals surface area contributed by atoms with Crippen LogP contribution in [0, 0.1) is 13.8 Å². The predicted octanol–water partition coefficient (Wildman–Crippen LogP) is 3.69. The molecule has 180 valence electrons. The smallest absolute Gasteiger partial charge is 0.262 e. The second kappa shape index (κ2) is 9.06. The molecule has 2 aromatic heterocycles. The van der Waals surface area contributed by atoms with Crippen LogP contribution in [0.25, 0.3) is 5.82 Å². The van der Waals surface area contributed by atoms with Crippen LogP contribution < -0.4 is 10.1 Å². The molecule has 4 aromatic rings. The number of nitrogens with zero attached hydrogens (tertiary/aromatic N) is 5. The molecule has 10 nitrogen and oxygen atoms in total. The molecule has 5 rings (SSSR count). The van der Waals surface area contributed by atoms with Gasteiger partial charge in [-0.05, 0) is 57.2 Å². The molecule has 10 heteroatoms. The summed E-state index contributed by atoms with van der Waals surface area (Å²) >= 11 is 0. The molecular formula is C26H22N6O4. The lowest BCUT2D eigenvalue weighted by Crippen LogP contribution is -2.45. The summed E-state index contributed by atoms with van der Waals surface area (Å²) in [7, 11) is 0. The first kappa shape index (κ1) is 22.9. The van der Waals surface area contributed by atoms with Crippen molar-refractivity contribution < 1.29 is 19.1 Å². The number of nitrogens with one attached hydrogen (secondary N) is 1. The van der Waals surface area contributed by atoms with E-state index in [4.69, 9.17) is 4.74 Å². The average molecular weight is 483 g/mol. The summed E-state index contributed by atoms with van der Waals surface area (Å²) in [5.74, 6) is 0.0413. The topological polar surface area (TPSA) is 119 Å². The van der Waals surface area contributed by atoms with Gasteiger partial charge in [0.1, 0.15) is 30.3 Å². The summed E-state index contributed by atoms with van der Waals surface area (Å²) in [6.07, 6.45) is 3.10. The Hall–Kier alpha value is -4.86. The molecule has 1 N–H and O–H groups in total. The molecular weight excluding hydrogens is 460 g/mol. The number of ether oxygens (including phenoxy) is 1. The van der Waals surface area contributed by atoms with Crippen molar-refractivity contribution >= 4 is 23.4 Å². The highest BCUT2D eigenvalue weighted by atomic mass is 16.5. The van der Waals surface area contributed by atoms with Gasteiger partial charge in [-0.25, -0.2) is 15.0 Å². The van der Waals surface area contributed by atoms with Crippen LogP contribution in [0.3, 0.4) is 0 Å². The van der Waals surface area contributed by atoms with Crippen LogP contribution in [0.2, 0.25) is 0 Å². The van der Waals surface area contributed by atoms with Gasteiger partial charge in [-0.15, -0.1) is 0 Å². The molecule has 36 heavy (non-hydrogen) atoms. The van der Waals surface area contributed by atoms with Crippen LogP contribution in [0.15, 0.2) is 67.3 Å². The quantitative estimate of drug-likeness (QED) is 0.416. The Morgan fingerprint density at radius 3 is 2.22 bits per heavy atom. The summed E-state index contributed by atoms with van der Waals surface area (Å²) in [5, 5.41) is 2.74. The SMILES string of the molecule is Cc1ncn(-c2cc(Oc3ccc(NC(=O)C(C)N4C(=O)c5ccccc5C4=O)cc3)ncn2)c1C. The molecule has 1 atom stereocenters. The van der Waals surface area contributed by atoms with Crippen LogP contribution in [-0.2, 0) is 4.79 Å². The van der Waals surface area contributed by atoms with Gasteiger partial charge in [0, 0.05) is 17.4 Å². The molecule has 0 spiro atoms. The lowest BCUT2D eigenvalue weighted by molar-refractivity contribution is -0.119. The molecule has 1 unspecified atom stereocenters. The zero-order valence-electron chi connectivity index (χ0n) is 19.8. The summed E-state index contributed by atoms with van der Waals surface area (Å²) in [4.78, 5) is 51.8. The van der Waals surface area contributed by atoms with Gasteiger partial charge in [-0.1, -0.05) is 12.1 Å². The number of hydrogen-bond donors (Lipinski definition) is 1. The van der Waals surface area contributed by atoms with E-state index in [9.17, 15) is 14.4 Å². The number of anilines is 1. The third-order valence-electron chi connectivity index (χ3n) is 6.06. The number of imide groups is 1. The number of aromatic nitrogens is 4. The molecule has 0 saturated carbocycles. The number of hydrogen-bond acceptors (Lipinski definition) is 7. The highest BCUT2D eigenvalue weighted by molar-refractivity contribution is 6.23. The van der Waals surface area contributed by atoms with Gasteiger partial charge in [0.25, 0.3) is 11.8 Å². The second-order valence-corrected chi connectivity index (χ2v) is 8.32. The van der Waals surface area contributed by atoms with Gasteiger partial charge in [-0.3, -0.25) is 23.9 Å². The van der Waals surface area contributed by atoms with Crippen molar-refractivity contribution in [3.63, 3.8) is 0 Å². The maximum atomic E-state index is 12.8. The van der Waals surface area contributed by atoms with E-state index < -0.39 is 23.8 Å². The van der Waals surface area contributed by atoms with E-state index in [1.165, 1.54) is 13.3 Å². The zero-order chi connectivity index (χ0) is 25.4. The Morgan fingerprint density at radius 2 is 1.61 bits per heavy atom. The number of benzene rings is 2. The number of fused-ring (bicyclic) bond motifs is 1. The number of carbonyl (C=O) groups is 3. The summed E-state index contributed by atoms with van der Waals surface area (Å²) in [6.45, 7) is 5.39. The molecule has 3 amide bonds. The van der Waals surface area contributed by atoms with Gasteiger partial charge in [0.15, 0.2) is 0 Å². The fraction of sp³-hybridized carbons (Fsp3) is 0.154. The van der Waals surface area contributed by atoms with Gasteiger partial charge >= 0.3 is 0 Å². The zero-order valence-corrected chi connectivity index (χ0v) is 19.8. The highest BCUT2D eigenvalue weighted by Crippen LogP contribution is 2.26. The fourth-order valence-electron chi connectivity index (χ4n) is 3.90. The summed E-state index contributed by atoms with van der Waals surface area (Å²) < 4.78 is 7.69. The molecule has 1 aliphatic rings. The number of carbonyl (C=O) groups excluding carboxylic acids is 3. The van der Waals surface area contributed by atoms with Crippen molar-refractivity contribution in [3.8, 4) is 17.4 Å². The Balaban J connectivity index is 1.25. The number of amides is 3. The van der Waals surface area contributed by atoms with E-state index >= 15 is 0 Å². The Bertz CT molecular complexity index is 1460. The van der Waals surface area contributed by atoms with Crippen LogP contribution in [-0.4, -0.2) is 48.2 Å². The maximum absolute atomic E-state index is 12.8. The van der Waals surface area contributed by atoms with E-state index in [1.54, 1.807) is 60.9 Å². The van der Waals surface area contributed by atoms with E-state index in [0.29, 0.717) is 34.3 Å². The Morgan fingerprint density at radius 1 is 0.944 bits per heavy atom. The average Bonchev–Trinajstić information content (AvgIpc) is 3.35. The van der Waals surface area contributed by atoms with Crippen LogP contribution in [0.5, 0.6) is 11.6 Å². The van der Waals surface area contributed by atoms with E-state index in [0.717, 1.165) is 16.3 Å². The maximum Gasteiger partial charge on any atom is 0.262 e. The van der Waals surface area contributed by atoms with Gasteiger partial charge in [-0.2, -0.15) is 0 Å². The molecule has 0 radical (unpaired) electrons. The van der Waals surface area contributed by atoms with Crippen molar-refractivity contribution in [2.24, 2.45) is 0 Å². The third-order valence-corrected chi connectivity index (χ3v) is 6.06. The summed E-state index contributed by atoms with van der Waals surface area (Å²) in [5.41, 5.74) is 2.97. The first-order valence-electron chi connectivity index (χ1n) is 11.2. The molecule has 0 fully saturated rings. The lowest BCUT2D eigenvalue weighted by atomic mass is 10.1. The molecule has 0 saturated heterocycles. The minimum Gasteiger partial charge on any atom is -0.439 e. The molecule has 0 aliphatic carbocycles. The molecule has 3 heterocycles. The van der Waals surface area contributed by atoms with E-state index in [1.807, 2.05) is 18.4 Å². The van der Waals surface area contributed by atoms with Crippen molar-refractivity contribution in [1.29, 1.82) is 0 Å². The van der Waals surface area contributed by atoms with E-state index in [-0.39, 0.29) is 0 Å². The summed E-state index contributed by atoms with van der Waals surface area (Å²) in [6, 6.07) is 13.9. The van der Waals surface area contributed by atoms with Gasteiger partial charge < -0.3 is 10.1 Å². The number of imidazole rings is 1. The van der Waals surface area contributed by atoms with Crippen LogP contribution in [0.1, 0.15) is 39.0 Å². The standard InChI is InChI=1S/C26H22N6O4/c1-15-16(2)31(14-29-15)22-12-23(28-13-27-22)36-19-10-8-18(9-11-19)30-24(33)17(3)32-25(34)20-6-4-5-7-21(20)26(32)35/h4-14,17H,1-3H3,(H,30,33). The number of aryl methyl sites for hydroxylation is 1. The first-order chi connectivity index (χ1) is 17.3. The lowest BCUT2D eigenvalue weighted by Gasteiger charge is -2.21. The monoisotopic (exact) mass is 482 g/mol. The first-order valence-corrected chi connectivity index (χ1v) is 11.2. The molecule has 0 bridgehead atoms. The van der Waals surface area contributed by atoms with Crippen molar-refractivity contribution in [2.75, 3.05) is 5.32 Å². The Kier molecular flexibility index (Phi) is 5.77. The van der Waals surface area contributed by atoms with Crippen molar-refractivity contribution in [1.82, 2.24) is 24.4 Å². The molecule has 1 aliphatic heterocycles. The van der Waals surface area contributed by atoms with Crippen LogP contribution >= 0.6 is 0 Å². The van der Waals surface area contributed by atoms with E-state index in [2.05, 4.69) is 20.3 Å². The van der Waals surface area contributed by atoms with Gasteiger partial charge in [0.2, 0.25) is 11.8 Å². The Labute approximate surface area is 206 Å². The number of rotatable bonds is 6. The fourth-order valence-corrected chi connectivity index (χ4v) is 3.90. The normalized spacial score (nSPS) is 13.5. The predicted molar refractivity (Wildman–Crippen MR) is 130 cm³/mol. The minimum absolute atomic E-state index is 0.301. The minimum atomic E-state index is -0.983. The van der Waals surface area contributed by atoms with Crippen molar-refractivity contribution in [3.05, 3.63) is 89.8 Å². The highest BCUT2D eigenvalue weighted by Gasteiger charge is 2.40. The second-order valence-electron chi connectivity index (χ2n) is 8.32. The van der Waals surface area contributed by atoms with Gasteiger partial charge in [0.05, 0.1) is 16.8 Å².